The number of rotatable bonds is 5. The second-order valence-electron chi connectivity index (χ2n) is 12.7. The number of benzene rings is 2. The highest BCUT2D eigenvalue weighted by atomic mass is 19.1. The topological polar surface area (TPSA) is 59.0 Å². The van der Waals surface area contributed by atoms with Crippen LogP contribution in [-0.4, -0.2) is 40.8 Å². The van der Waals surface area contributed by atoms with Gasteiger partial charge in [0.2, 0.25) is 0 Å². The zero-order valence-electron chi connectivity index (χ0n) is 24.5. The average molecular weight is 538 g/mol. The van der Waals surface area contributed by atoms with Gasteiger partial charge >= 0.3 is 5.97 Å². The van der Waals surface area contributed by atoms with E-state index in [-0.39, 0.29) is 5.82 Å². The summed E-state index contributed by atoms with van der Waals surface area (Å²) in [7, 11) is 0. The summed E-state index contributed by atoms with van der Waals surface area (Å²) in [4.78, 5) is 15.4. The number of ether oxygens (including phenoxy) is 2. The fraction of sp³-hybridized carbons (Fsp3) is 0.606. The summed E-state index contributed by atoms with van der Waals surface area (Å²) in [5.41, 5.74) is 7.97. The largest absolute Gasteiger partial charge is 0.490 e. The maximum atomic E-state index is 15.6. The van der Waals surface area contributed by atoms with Gasteiger partial charge in [-0.2, -0.15) is 0 Å². The predicted octanol–water partition coefficient (Wildman–Crippen LogP) is 7.37. The minimum Gasteiger partial charge on any atom is -0.490 e. The Labute approximate surface area is 232 Å². The Bertz CT molecular complexity index is 1270. The minimum absolute atomic E-state index is 0.348. The molecule has 1 atom stereocenters. The van der Waals surface area contributed by atoms with Crippen molar-refractivity contribution in [3.05, 3.63) is 50.8 Å². The van der Waals surface area contributed by atoms with E-state index in [0.717, 1.165) is 65.7 Å². The molecule has 0 amide bonds. The molecule has 0 saturated heterocycles. The summed E-state index contributed by atoms with van der Waals surface area (Å²) in [6.07, 6.45) is 7.71. The fourth-order valence-electron chi connectivity index (χ4n) is 7.18. The molecule has 5 nitrogen and oxygen atoms in total. The van der Waals surface area contributed by atoms with Crippen LogP contribution in [0.1, 0.15) is 104 Å². The molecule has 3 aliphatic rings. The second-order valence-corrected chi connectivity index (χ2v) is 12.7. The van der Waals surface area contributed by atoms with E-state index < -0.39 is 17.7 Å². The van der Waals surface area contributed by atoms with Crippen LogP contribution >= 0.6 is 0 Å². The van der Waals surface area contributed by atoms with Gasteiger partial charge in [-0.25, -0.2) is 9.18 Å². The van der Waals surface area contributed by atoms with Crippen molar-refractivity contribution in [2.45, 2.75) is 117 Å². The van der Waals surface area contributed by atoms with Crippen molar-refractivity contribution in [3.8, 4) is 16.9 Å². The number of aliphatic carboxylic acids is 1. The van der Waals surface area contributed by atoms with Crippen molar-refractivity contribution < 1.29 is 23.8 Å². The number of carboxylic acid groups (broad SMARTS) is 1. The first-order valence-electron chi connectivity index (χ1n) is 14.7. The van der Waals surface area contributed by atoms with Crippen LogP contribution in [0.15, 0.2) is 6.07 Å². The van der Waals surface area contributed by atoms with Gasteiger partial charge in [-0.15, -0.1) is 0 Å². The first-order chi connectivity index (χ1) is 18.5. The van der Waals surface area contributed by atoms with Gasteiger partial charge in [-0.1, -0.05) is 19.3 Å². The molecule has 0 unspecified atom stereocenters. The van der Waals surface area contributed by atoms with Crippen LogP contribution in [0.5, 0.6) is 5.75 Å². The number of hydrogen-bond donors (Lipinski definition) is 1. The zero-order valence-corrected chi connectivity index (χ0v) is 24.5. The van der Waals surface area contributed by atoms with Crippen LogP contribution in [0.25, 0.3) is 11.1 Å². The van der Waals surface area contributed by atoms with Gasteiger partial charge in [0.15, 0.2) is 17.7 Å². The quantitative estimate of drug-likeness (QED) is 0.431. The molecule has 0 spiro atoms. The van der Waals surface area contributed by atoms with E-state index >= 15 is 4.39 Å². The summed E-state index contributed by atoms with van der Waals surface area (Å²) in [6.45, 7) is 14.2. The predicted molar refractivity (Wildman–Crippen MR) is 152 cm³/mol. The molecule has 39 heavy (non-hydrogen) atoms. The van der Waals surface area contributed by atoms with Crippen molar-refractivity contribution in [2.75, 3.05) is 13.2 Å². The van der Waals surface area contributed by atoms with Crippen LogP contribution in [0, 0.1) is 26.6 Å². The van der Waals surface area contributed by atoms with Gasteiger partial charge in [0.1, 0.15) is 0 Å². The molecule has 5 rings (SSSR count). The molecule has 212 valence electrons. The standard InChI is InChI=1S/C33H44FNO4/c1-19-24-13-10-16-38-30(24)27(34)17-25(19)28-21(3)26-18-35(22-11-8-7-9-12-22)15-14-23(26)20(2)29(28)31(32(36)37)39-33(4,5)6/h17,22,31H,7-16,18H2,1-6H3,(H,36,37)/t31-/m0/s1. The van der Waals surface area contributed by atoms with Crippen molar-refractivity contribution in [3.63, 3.8) is 0 Å². The van der Waals surface area contributed by atoms with Gasteiger partial charge in [0.05, 0.1) is 12.2 Å². The lowest BCUT2D eigenvalue weighted by Crippen LogP contribution is -2.41. The third-order valence-electron chi connectivity index (χ3n) is 9.08. The van der Waals surface area contributed by atoms with Crippen LogP contribution in [0.3, 0.4) is 0 Å². The van der Waals surface area contributed by atoms with Crippen molar-refractivity contribution in [1.82, 2.24) is 4.90 Å². The van der Waals surface area contributed by atoms with Gasteiger partial charge < -0.3 is 14.6 Å². The molecule has 6 heteroatoms. The Hall–Kier alpha value is -2.44. The van der Waals surface area contributed by atoms with Gasteiger partial charge in [0, 0.05) is 30.3 Å². The number of fused-ring (bicyclic) bond motifs is 2. The van der Waals surface area contributed by atoms with Crippen LogP contribution < -0.4 is 4.74 Å². The number of carbonyl (C=O) groups is 1. The number of halogens is 1. The Morgan fingerprint density at radius 1 is 1.03 bits per heavy atom. The monoisotopic (exact) mass is 537 g/mol. The number of nitrogens with zero attached hydrogens (tertiary/aromatic N) is 1. The van der Waals surface area contributed by atoms with E-state index in [4.69, 9.17) is 9.47 Å². The highest BCUT2D eigenvalue weighted by Crippen LogP contribution is 2.46. The molecule has 2 aromatic rings. The van der Waals surface area contributed by atoms with Crippen molar-refractivity contribution in [2.24, 2.45) is 0 Å². The van der Waals surface area contributed by atoms with Gasteiger partial charge in [-0.05, 0) is 119 Å². The summed E-state index contributed by atoms with van der Waals surface area (Å²) >= 11 is 0. The average Bonchev–Trinajstić information content (AvgIpc) is 2.91. The van der Waals surface area contributed by atoms with E-state index in [1.807, 2.05) is 34.6 Å². The number of hydrogen-bond acceptors (Lipinski definition) is 4. The van der Waals surface area contributed by atoms with Gasteiger partial charge in [-0.3, -0.25) is 4.90 Å². The maximum Gasteiger partial charge on any atom is 0.337 e. The molecule has 2 heterocycles. The molecule has 0 bridgehead atoms. The van der Waals surface area contributed by atoms with Crippen molar-refractivity contribution in [1.29, 1.82) is 0 Å². The maximum absolute atomic E-state index is 15.6. The lowest BCUT2D eigenvalue weighted by Gasteiger charge is -2.40. The van der Waals surface area contributed by atoms with Gasteiger partial charge in [0.25, 0.3) is 0 Å². The lowest BCUT2D eigenvalue weighted by atomic mass is 9.78. The molecular formula is C33H44FNO4. The molecule has 0 radical (unpaired) electrons. The highest BCUT2D eigenvalue weighted by molar-refractivity contribution is 5.85. The summed E-state index contributed by atoms with van der Waals surface area (Å²) in [5.74, 6) is -1.05. The molecule has 0 aromatic heterocycles. The van der Waals surface area contributed by atoms with Crippen LogP contribution in [-0.2, 0) is 28.9 Å². The Kier molecular flexibility index (Phi) is 7.82. The fourth-order valence-corrected chi connectivity index (χ4v) is 7.18. The first kappa shape index (κ1) is 28.1. The molecule has 1 aliphatic carbocycles. The molecule has 1 N–H and O–H groups in total. The van der Waals surface area contributed by atoms with E-state index in [9.17, 15) is 9.90 Å². The summed E-state index contributed by atoms with van der Waals surface area (Å²) < 4.78 is 27.5. The SMILES string of the molecule is Cc1c(-c2c(C)c3c(c(C)c2[C@H](OC(C)(C)C)C(=O)O)CCN(C2CCCCC2)C3)cc(F)c2c1CCCO2. The molecule has 2 aromatic carbocycles. The van der Waals surface area contributed by atoms with Crippen molar-refractivity contribution >= 4 is 5.97 Å². The molecule has 2 aliphatic heterocycles. The summed E-state index contributed by atoms with van der Waals surface area (Å²) in [5, 5.41) is 10.5. The lowest BCUT2D eigenvalue weighted by molar-refractivity contribution is -0.160. The second kappa shape index (κ2) is 10.9. The smallest absolute Gasteiger partial charge is 0.337 e. The molecular weight excluding hydrogens is 493 g/mol. The van der Waals surface area contributed by atoms with E-state index in [0.29, 0.717) is 24.0 Å². The zero-order chi connectivity index (χ0) is 28.1. The Morgan fingerprint density at radius 3 is 2.41 bits per heavy atom. The molecule has 1 saturated carbocycles. The van der Waals surface area contributed by atoms with E-state index in [1.54, 1.807) is 6.07 Å². The minimum atomic E-state index is -1.16. The van der Waals surface area contributed by atoms with Crippen LogP contribution in [0.2, 0.25) is 0 Å². The highest BCUT2D eigenvalue weighted by Gasteiger charge is 2.36. The summed E-state index contributed by atoms with van der Waals surface area (Å²) in [6, 6.07) is 2.17. The first-order valence-corrected chi connectivity index (χ1v) is 14.7. The van der Waals surface area contributed by atoms with E-state index in [1.165, 1.54) is 43.2 Å². The normalized spacial score (nSPS) is 19.3. The Morgan fingerprint density at radius 2 is 1.74 bits per heavy atom. The Balaban J connectivity index is 1.74. The third-order valence-corrected chi connectivity index (χ3v) is 9.08. The van der Waals surface area contributed by atoms with E-state index in [2.05, 4.69) is 11.8 Å². The third kappa shape index (κ3) is 5.35. The van der Waals surface area contributed by atoms with Crippen LogP contribution in [0.4, 0.5) is 4.39 Å². The molecule has 1 fully saturated rings. The number of carboxylic acids is 1.